The number of amides is 1. The summed E-state index contributed by atoms with van der Waals surface area (Å²) in [6.07, 6.45) is -0.0836. The van der Waals surface area contributed by atoms with Crippen LogP contribution in [0.3, 0.4) is 0 Å². The molecule has 30 heavy (non-hydrogen) atoms. The molecule has 3 rings (SSSR count). The molecule has 0 fully saturated rings. The third-order valence-electron chi connectivity index (χ3n) is 3.91. The Morgan fingerprint density at radius 1 is 1.00 bits per heavy atom. The number of nitrogens with two attached hydrogens (primary N) is 1. The topological polar surface area (TPSA) is 148 Å². The standard InChI is InChI=1S/C18H18N4O5S3/c1-12-2-6-16(7-3-12)30(26,27)22-18-21-14(11-28-18)10-17(23)20-13-4-8-15(9-5-13)29(19,24)25/h2-9,11H,10H2,1H3,(H,20,23)(H,21,22)(H2,19,24,25). The van der Waals surface area contributed by atoms with E-state index in [4.69, 9.17) is 5.14 Å². The normalized spacial score (nSPS) is 11.8. The van der Waals surface area contributed by atoms with Gasteiger partial charge >= 0.3 is 0 Å². The third-order valence-corrected chi connectivity index (χ3v) is 7.13. The lowest BCUT2D eigenvalue weighted by atomic mass is 10.2. The summed E-state index contributed by atoms with van der Waals surface area (Å²) in [6, 6.07) is 11.8. The van der Waals surface area contributed by atoms with Gasteiger partial charge in [0, 0.05) is 11.1 Å². The number of nitrogens with zero attached hydrogens (tertiary/aromatic N) is 1. The molecule has 0 saturated carbocycles. The third kappa shape index (κ3) is 5.63. The summed E-state index contributed by atoms with van der Waals surface area (Å²) in [4.78, 5) is 16.4. The van der Waals surface area contributed by atoms with Crippen molar-refractivity contribution < 1.29 is 21.6 Å². The second-order valence-corrected chi connectivity index (χ2v) is 10.5. The molecule has 0 aliphatic heterocycles. The van der Waals surface area contributed by atoms with Crippen molar-refractivity contribution in [2.75, 3.05) is 10.0 Å². The lowest BCUT2D eigenvalue weighted by molar-refractivity contribution is -0.115. The number of anilines is 2. The van der Waals surface area contributed by atoms with Gasteiger partial charge in [0.2, 0.25) is 15.9 Å². The molecule has 0 aliphatic carbocycles. The summed E-state index contributed by atoms with van der Waals surface area (Å²) in [7, 11) is -7.58. The Morgan fingerprint density at radius 3 is 2.20 bits per heavy atom. The Labute approximate surface area is 178 Å². The van der Waals surface area contributed by atoms with Gasteiger partial charge in [0.15, 0.2) is 5.13 Å². The molecule has 1 heterocycles. The van der Waals surface area contributed by atoms with E-state index in [9.17, 15) is 21.6 Å². The molecule has 0 unspecified atom stereocenters. The highest BCUT2D eigenvalue weighted by Crippen LogP contribution is 2.21. The largest absolute Gasteiger partial charge is 0.326 e. The summed E-state index contributed by atoms with van der Waals surface area (Å²) >= 11 is 1.07. The minimum atomic E-state index is -3.81. The number of hydrogen-bond donors (Lipinski definition) is 3. The first kappa shape index (κ1) is 21.9. The molecule has 158 valence electrons. The van der Waals surface area contributed by atoms with Crippen LogP contribution in [0, 0.1) is 6.92 Å². The summed E-state index contributed by atoms with van der Waals surface area (Å²) in [6.45, 7) is 1.86. The van der Waals surface area contributed by atoms with Crippen LogP contribution in [0.1, 0.15) is 11.3 Å². The fourth-order valence-electron chi connectivity index (χ4n) is 2.42. The number of primary sulfonamides is 1. The molecule has 9 nitrogen and oxygen atoms in total. The molecule has 0 atom stereocenters. The van der Waals surface area contributed by atoms with E-state index in [0.717, 1.165) is 16.9 Å². The van der Waals surface area contributed by atoms with Crippen molar-refractivity contribution in [3.8, 4) is 0 Å². The predicted octanol–water partition coefficient (Wildman–Crippen LogP) is 2.08. The van der Waals surface area contributed by atoms with Crippen LogP contribution in [-0.4, -0.2) is 27.7 Å². The molecule has 12 heteroatoms. The van der Waals surface area contributed by atoms with Gasteiger partial charge in [-0.2, -0.15) is 0 Å². The monoisotopic (exact) mass is 466 g/mol. The molecule has 0 radical (unpaired) electrons. The van der Waals surface area contributed by atoms with E-state index in [2.05, 4.69) is 15.0 Å². The molecule has 4 N–H and O–H groups in total. The highest BCUT2D eigenvalue weighted by molar-refractivity contribution is 7.93. The Balaban J connectivity index is 1.62. The van der Waals surface area contributed by atoms with Crippen LogP contribution in [0.2, 0.25) is 0 Å². The van der Waals surface area contributed by atoms with E-state index in [-0.39, 0.29) is 21.3 Å². The Kier molecular flexibility index (Phi) is 6.22. The van der Waals surface area contributed by atoms with Crippen LogP contribution in [0.5, 0.6) is 0 Å². The number of carbonyl (C=O) groups is 1. The van der Waals surface area contributed by atoms with Gasteiger partial charge in [-0.25, -0.2) is 27.0 Å². The summed E-state index contributed by atoms with van der Waals surface area (Å²) < 4.78 is 49.7. The molecule has 0 aliphatic rings. The average Bonchev–Trinajstić information content (AvgIpc) is 3.07. The fourth-order valence-corrected chi connectivity index (χ4v) is 4.90. The second kappa shape index (κ2) is 8.52. The maximum absolute atomic E-state index is 12.4. The van der Waals surface area contributed by atoms with E-state index in [0.29, 0.717) is 11.4 Å². The van der Waals surface area contributed by atoms with Crippen molar-refractivity contribution >= 4 is 48.1 Å². The number of nitrogens with one attached hydrogen (secondary N) is 2. The maximum atomic E-state index is 12.4. The lowest BCUT2D eigenvalue weighted by Crippen LogP contribution is -2.16. The van der Waals surface area contributed by atoms with Crippen molar-refractivity contribution in [3.63, 3.8) is 0 Å². The number of benzene rings is 2. The highest BCUT2D eigenvalue weighted by atomic mass is 32.2. The molecule has 0 saturated heterocycles. The molecule has 1 amide bonds. The number of aromatic nitrogens is 1. The van der Waals surface area contributed by atoms with Crippen molar-refractivity contribution in [2.45, 2.75) is 23.1 Å². The van der Waals surface area contributed by atoms with Crippen LogP contribution in [0.25, 0.3) is 0 Å². The van der Waals surface area contributed by atoms with Crippen LogP contribution in [-0.2, 0) is 31.3 Å². The van der Waals surface area contributed by atoms with Crippen molar-refractivity contribution in [2.24, 2.45) is 5.14 Å². The number of sulfonamides is 2. The molecule has 2 aromatic carbocycles. The highest BCUT2D eigenvalue weighted by Gasteiger charge is 2.17. The Hall–Kier alpha value is -2.80. The van der Waals surface area contributed by atoms with Gasteiger partial charge in [0.05, 0.1) is 21.9 Å². The minimum absolute atomic E-state index is 0.0643. The summed E-state index contributed by atoms with van der Waals surface area (Å²) in [5, 5.41) is 9.37. The summed E-state index contributed by atoms with van der Waals surface area (Å²) in [5.74, 6) is -0.392. The predicted molar refractivity (Wildman–Crippen MR) is 114 cm³/mol. The van der Waals surface area contributed by atoms with Gasteiger partial charge in [-0.15, -0.1) is 11.3 Å². The molecule has 0 spiro atoms. The second-order valence-electron chi connectivity index (χ2n) is 6.36. The van der Waals surface area contributed by atoms with Crippen LogP contribution in [0.4, 0.5) is 10.8 Å². The Morgan fingerprint density at radius 2 is 1.60 bits per heavy atom. The van der Waals surface area contributed by atoms with E-state index < -0.39 is 26.0 Å². The van der Waals surface area contributed by atoms with Crippen molar-refractivity contribution in [1.29, 1.82) is 0 Å². The number of carbonyl (C=O) groups excluding carboxylic acids is 1. The van der Waals surface area contributed by atoms with Crippen LogP contribution < -0.4 is 15.2 Å². The molecule has 3 aromatic rings. The first-order valence-corrected chi connectivity index (χ1v) is 12.4. The zero-order valence-electron chi connectivity index (χ0n) is 15.7. The average molecular weight is 467 g/mol. The molecular weight excluding hydrogens is 448 g/mol. The van der Waals surface area contributed by atoms with Gasteiger partial charge in [-0.1, -0.05) is 17.7 Å². The van der Waals surface area contributed by atoms with Crippen molar-refractivity contribution in [1.82, 2.24) is 4.98 Å². The van der Waals surface area contributed by atoms with Crippen molar-refractivity contribution in [3.05, 3.63) is 65.2 Å². The Bertz CT molecular complexity index is 1270. The van der Waals surface area contributed by atoms with Crippen LogP contribution in [0.15, 0.2) is 63.7 Å². The first-order chi connectivity index (χ1) is 14.0. The number of thiazole rings is 1. The first-order valence-electron chi connectivity index (χ1n) is 8.49. The minimum Gasteiger partial charge on any atom is -0.326 e. The lowest BCUT2D eigenvalue weighted by Gasteiger charge is -2.06. The zero-order valence-corrected chi connectivity index (χ0v) is 18.1. The summed E-state index contributed by atoms with van der Waals surface area (Å²) in [5.41, 5.74) is 1.72. The van der Waals surface area contributed by atoms with Gasteiger partial charge < -0.3 is 5.32 Å². The molecule has 1 aromatic heterocycles. The van der Waals surface area contributed by atoms with Gasteiger partial charge in [-0.3, -0.25) is 9.52 Å². The smallest absolute Gasteiger partial charge is 0.263 e. The van der Waals surface area contributed by atoms with Gasteiger partial charge in [0.25, 0.3) is 10.0 Å². The van der Waals surface area contributed by atoms with Gasteiger partial charge in [0.1, 0.15) is 0 Å². The number of hydrogen-bond acceptors (Lipinski definition) is 7. The maximum Gasteiger partial charge on any atom is 0.263 e. The number of rotatable bonds is 7. The quantitative estimate of drug-likeness (QED) is 0.485. The van der Waals surface area contributed by atoms with E-state index in [1.54, 1.807) is 17.5 Å². The zero-order chi connectivity index (χ0) is 21.9. The molecular formula is C18H18N4O5S3. The van der Waals surface area contributed by atoms with E-state index >= 15 is 0 Å². The van der Waals surface area contributed by atoms with E-state index in [1.807, 2.05) is 6.92 Å². The fraction of sp³-hybridized carbons (Fsp3) is 0.111. The number of aryl methyl sites for hydroxylation is 1. The molecule has 0 bridgehead atoms. The van der Waals surface area contributed by atoms with E-state index in [1.165, 1.54) is 36.4 Å². The van der Waals surface area contributed by atoms with Gasteiger partial charge in [-0.05, 0) is 43.3 Å². The SMILES string of the molecule is Cc1ccc(S(=O)(=O)Nc2nc(CC(=O)Nc3ccc(S(N)(=O)=O)cc3)cs2)cc1. The van der Waals surface area contributed by atoms with Crippen LogP contribution >= 0.6 is 11.3 Å².